The zero-order valence-corrected chi connectivity index (χ0v) is 18.6. The molecule has 6 nitrogen and oxygen atoms in total. The van der Waals surface area contributed by atoms with E-state index in [0.29, 0.717) is 19.4 Å². The molecule has 0 spiro atoms. The SMILES string of the molecule is CCC(=O)OCCC[C@@H]1N=C(c2ccccn2)c2cc(Br)ccc2-n2c(C)cnc21. The Morgan fingerprint density at radius 3 is 2.87 bits per heavy atom. The van der Waals surface area contributed by atoms with Crippen LogP contribution in [0.2, 0.25) is 0 Å². The zero-order chi connectivity index (χ0) is 21.1. The van der Waals surface area contributed by atoms with Crippen molar-refractivity contribution in [1.82, 2.24) is 14.5 Å². The molecule has 0 amide bonds. The highest BCUT2D eigenvalue weighted by atomic mass is 79.9. The Morgan fingerprint density at radius 1 is 1.23 bits per heavy atom. The third kappa shape index (κ3) is 4.07. The van der Waals surface area contributed by atoms with E-state index in [2.05, 4.69) is 37.6 Å². The molecule has 0 saturated carbocycles. The van der Waals surface area contributed by atoms with Crippen LogP contribution in [0.1, 0.15) is 55.0 Å². The van der Waals surface area contributed by atoms with E-state index >= 15 is 0 Å². The van der Waals surface area contributed by atoms with Crippen molar-refractivity contribution in [2.24, 2.45) is 4.99 Å². The second-order valence-electron chi connectivity index (χ2n) is 7.18. The van der Waals surface area contributed by atoms with Crippen molar-refractivity contribution < 1.29 is 9.53 Å². The first kappa shape index (κ1) is 20.5. The molecule has 1 atom stereocenters. The Kier molecular flexibility index (Phi) is 6.08. The van der Waals surface area contributed by atoms with Crippen molar-refractivity contribution in [1.29, 1.82) is 0 Å². The van der Waals surface area contributed by atoms with Crippen LogP contribution in [-0.4, -0.2) is 32.8 Å². The van der Waals surface area contributed by atoms with Crippen molar-refractivity contribution in [2.45, 2.75) is 39.2 Å². The van der Waals surface area contributed by atoms with Crippen LogP contribution in [-0.2, 0) is 9.53 Å². The molecule has 154 valence electrons. The van der Waals surface area contributed by atoms with E-state index in [1.165, 1.54) is 0 Å². The number of nitrogens with zero attached hydrogens (tertiary/aromatic N) is 4. The van der Waals surface area contributed by atoms with Gasteiger partial charge in [-0.1, -0.05) is 28.9 Å². The first-order valence-corrected chi connectivity index (χ1v) is 10.9. The van der Waals surface area contributed by atoms with Crippen LogP contribution >= 0.6 is 15.9 Å². The minimum atomic E-state index is -0.178. The summed E-state index contributed by atoms with van der Waals surface area (Å²) < 4.78 is 8.41. The lowest BCUT2D eigenvalue weighted by Crippen LogP contribution is -2.09. The molecule has 2 aromatic heterocycles. The van der Waals surface area contributed by atoms with Gasteiger partial charge in [-0.05, 0) is 50.1 Å². The third-order valence-electron chi connectivity index (χ3n) is 5.08. The Labute approximate surface area is 184 Å². The average molecular weight is 467 g/mol. The number of aromatic nitrogens is 3. The number of rotatable bonds is 6. The van der Waals surface area contributed by atoms with E-state index in [1.807, 2.05) is 37.4 Å². The van der Waals surface area contributed by atoms with Gasteiger partial charge >= 0.3 is 5.97 Å². The van der Waals surface area contributed by atoms with E-state index in [0.717, 1.165) is 45.1 Å². The van der Waals surface area contributed by atoms with Gasteiger partial charge in [0.1, 0.15) is 11.9 Å². The Bertz CT molecular complexity index is 1090. The first-order valence-electron chi connectivity index (χ1n) is 10.1. The van der Waals surface area contributed by atoms with Gasteiger partial charge in [0.15, 0.2) is 0 Å². The molecular formula is C23H23BrN4O2. The molecule has 0 saturated heterocycles. The maximum Gasteiger partial charge on any atom is 0.305 e. The molecule has 0 bridgehead atoms. The molecule has 1 aliphatic rings. The molecular weight excluding hydrogens is 444 g/mol. The number of aliphatic imine (C=N–C) groups is 1. The molecule has 4 rings (SSSR count). The van der Waals surface area contributed by atoms with Crippen LogP contribution in [0.5, 0.6) is 0 Å². The smallest absolute Gasteiger partial charge is 0.305 e. The fourth-order valence-corrected chi connectivity index (χ4v) is 4.01. The number of imidazole rings is 1. The summed E-state index contributed by atoms with van der Waals surface area (Å²) in [6, 6.07) is 11.9. The Hall–Kier alpha value is -2.80. The van der Waals surface area contributed by atoms with Gasteiger partial charge in [0.25, 0.3) is 0 Å². The van der Waals surface area contributed by atoms with Gasteiger partial charge in [-0.2, -0.15) is 0 Å². The molecule has 3 heterocycles. The van der Waals surface area contributed by atoms with Crippen LogP contribution in [0.4, 0.5) is 0 Å². The van der Waals surface area contributed by atoms with Crippen molar-refractivity contribution in [3.05, 3.63) is 76.0 Å². The molecule has 0 fully saturated rings. The summed E-state index contributed by atoms with van der Waals surface area (Å²) in [6.45, 7) is 4.23. The van der Waals surface area contributed by atoms with E-state index in [1.54, 1.807) is 13.1 Å². The zero-order valence-electron chi connectivity index (χ0n) is 17.0. The highest BCUT2D eigenvalue weighted by molar-refractivity contribution is 9.10. The third-order valence-corrected chi connectivity index (χ3v) is 5.58. The van der Waals surface area contributed by atoms with Gasteiger partial charge in [0.2, 0.25) is 0 Å². The van der Waals surface area contributed by atoms with Crippen molar-refractivity contribution in [2.75, 3.05) is 6.61 Å². The second kappa shape index (κ2) is 8.92. The first-order chi connectivity index (χ1) is 14.6. The van der Waals surface area contributed by atoms with Crippen molar-refractivity contribution in [3.63, 3.8) is 0 Å². The lowest BCUT2D eigenvalue weighted by atomic mass is 10.0. The van der Waals surface area contributed by atoms with Crippen LogP contribution < -0.4 is 0 Å². The molecule has 7 heteroatoms. The van der Waals surface area contributed by atoms with Gasteiger partial charge < -0.3 is 4.74 Å². The van der Waals surface area contributed by atoms with Gasteiger partial charge in [0.05, 0.1) is 23.7 Å². The minimum Gasteiger partial charge on any atom is -0.466 e. The summed E-state index contributed by atoms with van der Waals surface area (Å²) in [5, 5.41) is 0. The van der Waals surface area contributed by atoms with Gasteiger partial charge in [0, 0.05) is 34.5 Å². The lowest BCUT2D eigenvalue weighted by Gasteiger charge is -2.14. The normalized spacial score (nSPS) is 15.0. The van der Waals surface area contributed by atoms with Gasteiger partial charge in [-0.15, -0.1) is 0 Å². The van der Waals surface area contributed by atoms with Gasteiger partial charge in [-0.25, -0.2) is 4.98 Å². The topological polar surface area (TPSA) is 69.4 Å². The van der Waals surface area contributed by atoms with Crippen LogP contribution in [0.25, 0.3) is 5.69 Å². The molecule has 1 aromatic carbocycles. The molecule has 30 heavy (non-hydrogen) atoms. The Balaban J connectivity index is 1.78. The summed E-state index contributed by atoms with van der Waals surface area (Å²) in [7, 11) is 0. The van der Waals surface area contributed by atoms with Crippen LogP contribution in [0.15, 0.2) is 58.3 Å². The largest absolute Gasteiger partial charge is 0.466 e. The molecule has 3 aromatic rings. The number of carbonyl (C=O) groups is 1. The second-order valence-corrected chi connectivity index (χ2v) is 8.10. The van der Waals surface area contributed by atoms with Crippen molar-refractivity contribution in [3.8, 4) is 5.69 Å². The highest BCUT2D eigenvalue weighted by Crippen LogP contribution is 2.34. The average Bonchev–Trinajstić information content (AvgIpc) is 3.08. The van der Waals surface area contributed by atoms with Crippen LogP contribution in [0.3, 0.4) is 0 Å². The van der Waals surface area contributed by atoms with Gasteiger partial charge in [-0.3, -0.25) is 19.3 Å². The number of hydrogen-bond donors (Lipinski definition) is 0. The fraction of sp³-hybridized carbons (Fsp3) is 0.304. The van der Waals surface area contributed by atoms with E-state index in [-0.39, 0.29) is 12.0 Å². The van der Waals surface area contributed by atoms with E-state index in [9.17, 15) is 4.79 Å². The number of aryl methyl sites for hydroxylation is 1. The van der Waals surface area contributed by atoms with Crippen LogP contribution in [0, 0.1) is 6.92 Å². The predicted molar refractivity (Wildman–Crippen MR) is 119 cm³/mol. The summed E-state index contributed by atoms with van der Waals surface area (Å²) >= 11 is 3.60. The molecule has 0 aliphatic carbocycles. The maximum atomic E-state index is 11.5. The quantitative estimate of drug-likeness (QED) is 0.380. The number of benzene rings is 1. The predicted octanol–water partition coefficient (Wildman–Crippen LogP) is 4.96. The fourth-order valence-electron chi connectivity index (χ4n) is 3.65. The number of hydrogen-bond acceptors (Lipinski definition) is 5. The molecule has 1 aliphatic heterocycles. The summed E-state index contributed by atoms with van der Waals surface area (Å²) in [4.78, 5) is 25.8. The number of esters is 1. The standard InChI is InChI=1S/C23H23BrN4O2/c1-3-21(29)30-12-6-8-19-23-26-14-15(2)28(23)20-10-9-16(24)13-17(20)22(27-19)18-7-4-5-11-25-18/h4-5,7,9-11,13-14,19H,3,6,8,12H2,1-2H3/t19-/m0/s1. The lowest BCUT2D eigenvalue weighted by molar-refractivity contribution is -0.143. The summed E-state index contributed by atoms with van der Waals surface area (Å²) in [6.07, 6.45) is 5.48. The molecule has 0 radical (unpaired) electrons. The molecule has 0 unspecified atom stereocenters. The summed E-state index contributed by atoms with van der Waals surface area (Å²) in [5.41, 5.74) is 4.75. The molecule has 0 N–H and O–H groups in total. The van der Waals surface area contributed by atoms with E-state index in [4.69, 9.17) is 14.7 Å². The minimum absolute atomic E-state index is 0.165. The summed E-state index contributed by atoms with van der Waals surface area (Å²) in [5.74, 6) is 0.715. The number of carbonyl (C=O) groups excluding carboxylic acids is 1. The Morgan fingerprint density at radius 2 is 2.10 bits per heavy atom. The number of pyridine rings is 1. The maximum absolute atomic E-state index is 11.5. The number of halogens is 1. The monoisotopic (exact) mass is 466 g/mol. The number of ether oxygens (including phenoxy) is 1. The highest BCUT2D eigenvalue weighted by Gasteiger charge is 2.27. The number of fused-ring (bicyclic) bond motifs is 3. The van der Waals surface area contributed by atoms with E-state index < -0.39 is 0 Å². The van der Waals surface area contributed by atoms with Crippen molar-refractivity contribution >= 4 is 27.6 Å².